The van der Waals surface area contributed by atoms with Crippen LogP contribution in [-0.2, 0) is 11.2 Å². The van der Waals surface area contributed by atoms with E-state index in [2.05, 4.69) is 11.1 Å². The van der Waals surface area contributed by atoms with Crippen LogP contribution < -0.4 is 10.5 Å². The molecule has 1 amide bonds. The van der Waals surface area contributed by atoms with E-state index in [0.29, 0.717) is 30.0 Å². The molecule has 1 heterocycles. The number of aryl methyl sites for hydroxylation is 2. The molecule has 0 aliphatic heterocycles. The third-order valence-electron chi connectivity index (χ3n) is 3.20. The molecule has 5 nitrogen and oxygen atoms in total. The molecule has 0 radical (unpaired) electrons. The first-order chi connectivity index (χ1) is 10.6. The fraction of sp³-hybridized carbons (Fsp3) is 0.235. The Balaban J connectivity index is 1.99. The van der Waals surface area contributed by atoms with Crippen LogP contribution in [0.2, 0.25) is 0 Å². The average molecular weight is 295 g/mol. The number of amides is 1. The van der Waals surface area contributed by atoms with Gasteiger partial charge in [-0.1, -0.05) is 6.07 Å². The summed E-state index contributed by atoms with van der Waals surface area (Å²) in [4.78, 5) is 14.9. The van der Waals surface area contributed by atoms with Gasteiger partial charge in [0.25, 0.3) is 0 Å². The lowest BCUT2D eigenvalue weighted by Crippen LogP contribution is -2.10. The molecule has 0 saturated carbocycles. The van der Waals surface area contributed by atoms with E-state index < -0.39 is 0 Å². The molecule has 5 heteroatoms. The minimum absolute atomic E-state index is 0.288. The molecule has 0 unspecified atom stereocenters. The van der Waals surface area contributed by atoms with Crippen LogP contribution in [0.4, 0.5) is 0 Å². The standard InChI is InChI=1S/C17H17N3O2/c1-12-9-14(10-18)5-7-15(12)22-17-8-6-13(11-20-17)3-2-4-16(19)21/h5-9,11H,2-4H2,1H3,(H2,19,21). The van der Waals surface area contributed by atoms with Crippen LogP contribution in [-0.4, -0.2) is 10.9 Å². The highest BCUT2D eigenvalue weighted by Gasteiger charge is 2.04. The monoisotopic (exact) mass is 295 g/mol. The number of hydrogen-bond acceptors (Lipinski definition) is 4. The van der Waals surface area contributed by atoms with Gasteiger partial charge >= 0.3 is 0 Å². The lowest BCUT2D eigenvalue weighted by molar-refractivity contribution is -0.118. The first kappa shape index (κ1) is 15.5. The molecular weight excluding hydrogens is 278 g/mol. The summed E-state index contributed by atoms with van der Waals surface area (Å²) in [6.45, 7) is 1.88. The fourth-order valence-electron chi connectivity index (χ4n) is 2.03. The van der Waals surface area contributed by atoms with Gasteiger partial charge in [-0.3, -0.25) is 4.79 Å². The predicted molar refractivity (Wildman–Crippen MR) is 82.3 cm³/mol. The van der Waals surface area contributed by atoms with Crippen molar-refractivity contribution in [3.8, 4) is 17.7 Å². The Hall–Kier alpha value is -2.87. The summed E-state index contributed by atoms with van der Waals surface area (Å²) in [6.07, 6.45) is 3.58. The predicted octanol–water partition coefficient (Wildman–Crippen LogP) is 2.86. The minimum Gasteiger partial charge on any atom is -0.439 e. The molecule has 2 rings (SSSR count). The molecule has 1 aromatic carbocycles. The molecule has 0 saturated heterocycles. The van der Waals surface area contributed by atoms with Crippen LogP contribution >= 0.6 is 0 Å². The lowest BCUT2D eigenvalue weighted by Gasteiger charge is -2.08. The fourth-order valence-corrected chi connectivity index (χ4v) is 2.03. The summed E-state index contributed by atoms with van der Waals surface area (Å²) < 4.78 is 5.71. The third kappa shape index (κ3) is 4.32. The van der Waals surface area contributed by atoms with Crippen LogP contribution in [0, 0.1) is 18.3 Å². The Labute approximate surface area is 129 Å². The van der Waals surface area contributed by atoms with Crippen LogP contribution in [0.3, 0.4) is 0 Å². The number of benzene rings is 1. The molecule has 0 spiro atoms. The molecule has 2 aromatic rings. The van der Waals surface area contributed by atoms with Crippen LogP contribution in [0.5, 0.6) is 11.6 Å². The highest BCUT2D eigenvalue weighted by atomic mass is 16.5. The van der Waals surface area contributed by atoms with Crippen molar-refractivity contribution in [3.05, 3.63) is 53.2 Å². The molecule has 0 aliphatic rings. The molecule has 112 valence electrons. The average Bonchev–Trinajstić information content (AvgIpc) is 2.50. The van der Waals surface area contributed by atoms with Gasteiger partial charge in [-0.05, 0) is 49.1 Å². The smallest absolute Gasteiger partial charge is 0.219 e. The maximum Gasteiger partial charge on any atom is 0.219 e. The van der Waals surface area contributed by atoms with Crippen molar-refractivity contribution in [1.82, 2.24) is 4.98 Å². The molecule has 0 bridgehead atoms. The number of ether oxygens (including phenoxy) is 1. The number of primary amides is 1. The van der Waals surface area contributed by atoms with E-state index in [1.165, 1.54) is 0 Å². The molecule has 2 N–H and O–H groups in total. The van der Waals surface area contributed by atoms with Crippen molar-refractivity contribution in [2.24, 2.45) is 5.73 Å². The van der Waals surface area contributed by atoms with Crippen LogP contribution in [0.15, 0.2) is 36.5 Å². The number of hydrogen-bond donors (Lipinski definition) is 1. The van der Waals surface area contributed by atoms with Gasteiger partial charge in [-0.15, -0.1) is 0 Å². The van der Waals surface area contributed by atoms with Crippen LogP contribution in [0.25, 0.3) is 0 Å². The Morgan fingerprint density at radius 3 is 2.77 bits per heavy atom. The van der Waals surface area contributed by atoms with Gasteiger partial charge in [0.1, 0.15) is 5.75 Å². The number of nitrogens with two attached hydrogens (primary N) is 1. The van der Waals surface area contributed by atoms with Gasteiger partial charge in [0.2, 0.25) is 11.8 Å². The van der Waals surface area contributed by atoms with Gasteiger partial charge in [0.15, 0.2) is 0 Å². The minimum atomic E-state index is -0.288. The van der Waals surface area contributed by atoms with Crippen molar-refractivity contribution < 1.29 is 9.53 Å². The zero-order valence-electron chi connectivity index (χ0n) is 12.4. The number of nitrogens with zero attached hydrogens (tertiary/aromatic N) is 2. The Morgan fingerprint density at radius 2 is 2.18 bits per heavy atom. The summed E-state index contributed by atoms with van der Waals surface area (Å²) in [5.41, 5.74) is 7.62. The van der Waals surface area contributed by atoms with Gasteiger partial charge < -0.3 is 10.5 Å². The van der Waals surface area contributed by atoms with Gasteiger partial charge in [-0.25, -0.2) is 4.98 Å². The zero-order chi connectivity index (χ0) is 15.9. The summed E-state index contributed by atoms with van der Waals surface area (Å²) in [5.74, 6) is 0.878. The number of nitriles is 1. The summed E-state index contributed by atoms with van der Waals surface area (Å²) in [7, 11) is 0. The van der Waals surface area contributed by atoms with E-state index in [-0.39, 0.29) is 5.91 Å². The third-order valence-corrected chi connectivity index (χ3v) is 3.20. The highest BCUT2D eigenvalue weighted by molar-refractivity contribution is 5.73. The van der Waals surface area contributed by atoms with E-state index >= 15 is 0 Å². The van der Waals surface area contributed by atoms with E-state index in [0.717, 1.165) is 17.5 Å². The molecular formula is C17H17N3O2. The SMILES string of the molecule is Cc1cc(C#N)ccc1Oc1ccc(CCCC(N)=O)cn1. The van der Waals surface area contributed by atoms with Gasteiger partial charge in [0.05, 0.1) is 11.6 Å². The number of aromatic nitrogens is 1. The highest BCUT2D eigenvalue weighted by Crippen LogP contribution is 2.24. The number of carbonyl (C=O) groups is 1. The largest absolute Gasteiger partial charge is 0.439 e. The van der Waals surface area contributed by atoms with E-state index in [9.17, 15) is 4.79 Å². The maximum absolute atomic E-state index is 10.7. The molecule has 22 heavy (non-hydrogen) atoms. The Bertz CT molecular complexity index is 703. The summed E-state index contributed by atoms with van der Waals surface area (Å²) in [6, 6.07) is 11.0. The zero-order valence-corrected chi connectivity index (χ0v) is 12.4. The first-order valence-electron chi connectivity index (χ1n) is 7.00. The second-order valence-corrected chi connectivity index (χ2v) is 5.02. The summed E-state index contributed by atoms with van der Waals surface area (Å²) in [5, 5.41) is 8.85. The number of pyridine rings is 1. The van der Waals surface area contributed by atoms with E-state index in [4.69, 9.17) is 15.7 Å². The molecule has 1 aromatic heterocycles. The van der Waals surface area contributed by atoms with E-state index in [1.807, 2.05) is 13.0 Å². The van der Waals surface area contributed by atoms with Crippen LogP contribution in [0.1, 0.15) is 29.5 Å². The second-order valence-electron chi connectivity index (χ2n) is 5.02. The first-order valence-corrected chi connectivity index (χ1v) is 7.00. The van der Waals surface area contributed by atoms with Crippen molar-refractivity contribution >= 4 is 5.91 Å². The van der Waals surface area contributed by atoms with Crippen molar-refractivity contribution in [2.75, 3.05) is 0 Å². The normalized spacial score (nSPS) is 10.0. The molecule has 0 atom stereocenters. The quantitative estimate of drug-likeness (QED) is 0.887. The molecule has 0 aliphatic carbocycles. The van der Waals surface area contributed by atoms with Gasteiger partial charge in [0, 0.05) is 18.7 Å². The van der Waals surface area contributed by atoms with Crippen molar-refractivity contribution in [1.29, 1.82) is 5.26 Å². The van der Waals surface area contributed by atoms with Gasteiger partial charge in [-0.2, -0.15) is 5.26 Å². The number of carbonyl (C=O) groups excluding carboxylic acids is 1. The summed E-state index contributed by atoms with van der Waals surface area (Å²) >= 11 is 0. The topological polar surface area (TPSA) is 89.0 Å². The van der Waals surface area contributed by atoms with Crippen molar-refractivity contribution in [3.63, 3.8) is 0 Å². The maximum atomic E-state index is 10.7. The Kier molecular flexibility index (Phi) is 5.10. The second kappa shape index (κ2) is 7.23. The lowest BCUT2D eigenvalue weighted by atomic mass is 10.1. The molecule has 0 fully saturated rings. The Morgan fingerprint density at radius 1 is 1.36 bits per heavy atom. The van der Waals surface area contributed by atoms with E-state index in [1.54, 1.807) is 30.5 Å². The van der Waals surface area contributed by atoms with Crippen molar-refractivity contribution in [2.45, 2.75) is 26.2 Å². The number of rotatable bonds is 6.